The first-order chi connectivity index (χ1) is 12.5. The molecular weight excluding hydrogens is 338 g/mol. The van der Waals surface area contributed by atoms with Crippen molar-refractivity contribution < 1.29 is 15.0 Å². The van der Waals surface area contributed by atoms with Crippen LogP contribution in [-0.2, 0) is 4.79 Å². The average molecular weight is 372 g/mol. The minimum atomic E-state index is -0.0422. The Morgan fingerprint density at radius 2 is 1.78 bits per heavy atom. The van der Waals surface area contributed by atoms with E-state index in [0.29, 0.717) is 23.4 Å². The van der Waals surface area contributed by atoms with E-state index in [1.165, 1.54) is 43.0 Å². The molecule has 1 fully saturated rings. The maximum Gasteiger partial charge on any atom is 0.227 e. The number of phenols is 2. The number of benzene rings is 1. The van der Waals surface area contributed by atoms with Crippen molar-refractivity contribution in [2.45, 2.75) is 59.8 Å². The first kappa shape index (κ1) is 19.8. The second kappa shape index (κ2) is 6.88. The van der Waals surface area contributed by atoms with E-state index < -0.39 is 0 Å². The number of carbonyl (C=O) groups excluding carboxylic acids is 1. The van der Waals surface area contributed by atoms with E-state index in [1.807, 2.05) is 0 Å². The molecule has 0 saturated heterocycles. The first-order valence-electron chi connectivity index (χ1n) is 10.0. The van der Waals surface area contributed by atoms with Crippen LogP contribution in [0.1, 0.15) is 59.8 Å². The summed E-state index contributed by atoms with van der Waals surface area (Å²) in [5.41, 5.74) is 2.28. The van der Waals surface area contributed by atoms with E-state index in [9.17, 15) is 15.0 Å². The summed E-state index contributed by atoms with van der Waals surface area (Å²) in [5.74, 6) is 0.758. The Bertz CT molecular complexity index is 747. The fraction of sp³-hybridized carbons (Fsp3) is 0.609. The molecule has 4 heteroatoms. The lowest BCUT2D eigenvalue weighted by molar-refractivity contribution is -0.122. The molecule has 0 aromatic heterocycles. The number of phenolic OH excluding ortho intramolecular Hbond substituents is 2. The third-order valence-electron chi connectivity index (χ3n) is 7.32. The molecule has 0 aliphatic heterocycles. The van der Waals surface area contributed by atoms with Crippen molar-refractivity contribution >= 4 is 11.6 Å². The normalized spacial score (nSPS) is 29.6. The van der Waals surface area contributed by atoms with Crippen molar-refractivity contribution in [3.05, 3.63) is 29.8 Å². The minimum absolute atomic E-state index is 0.0167. The highest BCUT2D eigenvalue weighted by Gasteiger charge is 2.52. The van der Waals surface area contributed by atoms with Crippen molar-refractivity contribution in [2.24, 2.45) is 22.7 Å². The lowest BCUT2D eigenvalue weighted by Crippen LogP contribution is -2.49. The zero-order chi connectivity index (χ0) is 20.0. The lowest BCUT2D eigenvalue weighted by atomic mass is 9.48. The molecule has 2 aliphatic rings. The number of allylic oxidation sites excluding steroid dienone is 2. The summed E-state index contributed by atoms with van der Waals surface area (Å²) in [6.45, 7) is 9.31. The predicted molar refractivity (Wildman–Crippen MR) is 109 cm³/mol. The van der Waals surface area contributed by atoms with Crippen molar-refractivity contribution in [2.75, 3.05) is 11.9 Å². The molecule has 4 nitrogen and oxygen atoms in total. The molecule has 1 amide bonds. The number of aromatic hydroxyl groups is 2. The maximum atomic E-state index is 13.1. The zero-order valence-electron chi connectivity index (χ0n) is 17.2. The molecule has 2 N–H and O–H groups in total. The molecule has 1 aromatic carbocycles. The van der Waals surface area contributed by atoms with Crippen LogP contribution in [0.5, 0.6) is 11.5 Å². The first-order valence-corrected chi connectivity index (χ1v) is 10.0. The molecule has 27 heavy (non-hydrogen) atoms. The van der Waals surface area contributed by atoms with Gasteiger partial charge in [0, 0.05) is 31.7 Å². The summed E-state index contributed by atoms with van der Waals surface area (Å²) in [6.07, 6.45) is 7.55. The van der Waals surface area contributed by atoms with Gasteiger partial charge < -0.3 is 15.1 Å². The van der Waals surface area contributed by atoms with Crippen LogP contribution in [0.3, 0.4) is 0 Å². The van der Waals surface area contributed by atoms with E-state index in [4.69, 9.17) is 0 Å². The minimum Gasteiger partial charge on any atom is -0.508 e. The van der Waals surface area contributed by atoms with Gasteiger partial charge in [-0.1, -0.05) is 38.8 Å². The molecule has 0 bridgehead atoms. The van der Waals surface area contributed by atoms with E-state index >= 15 is 0 Å². The molecular formula is C23H33NO3. The van der Waals surface area contributed by atoms with Gasteiger partial charge in [0.2, 0.25) is 5.91 Å². The largest absolute Gasteiger partial charge is 0.508 e. The molecule has 3 rings (SSSR count). The summed E-state index contributed by atoms with van der Waals surface area (Å²) in [6, 6.07) is 4.29. The summed E-state index contributed by atoms with van der Waals surface area (Å²) in [5, 5.41) is 19.5. The SMILES string of the molecule is CC1=CC[C@H]2C(C)(C)CCC[C@]2(C)[C@H]1CC(=O)N(C)c1cc(O)cc(O)c1. The summed E-state index contributed by atoms with van der Waals surface area (Å²) >= 11 is 0. The van der Waals surface area contributed by atoms with Crippen LogP contribution in [0.4, 0.5) is 5.69 Å². The summed E-state index contributed by atoms with van der Waals surface area (Å²) < 4.78 is 0. The zero-order valence-corrected chi connectivity index (χ0v) is 17.2. The Morgan fingerprint density at radius 1 is 1.15 bits per heavy atom. The Labute approximate surface area is 162 Å². The van der Waals surface area contributed by atoms with Crippen molar-refractivity contribution in [1.29, 1.82) is 0 Å². The highest BCUT2D eigenvalue weighted by atomic mass is 16.3. The molecule has 148 valence electrons. The van der Waals surface area contributed by atoms with Crippen molar-refractivity contribution in [3.63, 3.8) is 0 Å². The second-order valence-electron chi connectivity index (χ2n) is 9.50. The predicted octanol–water partition coefficient (Wildman–Crippen LogP) is 5.25. The van der Waals surface area contributed by atoms with Crippen LogP contribution in [-0.4, -0.2) is 23.2 Å². The van der Waals surface area contributed by atoms with Gasteiger partial charge in [0.1, 0.15) is 11.5 Å². The Hall–Kier alpha value is -1.97. The van der Waals surface area contributed by atoms with Crippen LogP contribution >= 0.6 is 0 Å². The smallest absolute Gasteiger partial charge is 0.227 e. The quantitative estimate of drug-likeness (QED) is 0.714. The highest BCUT2D eigenvalue weighted by Crippen LogP contribution is 2.60. The van der Waals surface area contributed by atoms with Gasteiger partial charge in [-0.05, 0) is 48.9 Å². The standard InChI is InChI=1S/C23H33NO3/c1-15-7-8-20-22(2,3)9-6-10-23(20,4)19(15)14-21(27)24(5)16-11-17(25)13-18(26)12-16/h7,11-13,19-20,25-26H,6,8-10,14H2,1-5H3/t19-,20-,23+/m0/s1. The number of fused-ring (bicyclic) bond motifs is 1. The van der Waals surface area contributed by atoms with Crippen LogP contribution < -0.4 is 4.90 Å². The molecule has 0 spiro atoms. The lowest BCUT2D eigenvalue weighted by Gasteiger charge is -2.56. The van der Waals surface area contributed by atoms with Crippen LogP contribution in [0, 0.1) is 22.7 Å². The number of carbonyl (C=O) groups is 1. The average Bonchev–Trinajstić information content (AvgIpc) is 2.55. The van der Waals surface area contributed by atoms with Crippen LogP contribution in [0.2, 0.25) is 0 Å². The number of nitrogens with zero attached hydrogens (tertiary/aromatic N) is 1. The second-order valence-corrected chi connectivity index (χ2v) is 9.50. The van der Waals surface area contributed by atoms with Gasteiger partial charge in [0.15, 0.2) is 0 Å². The summed E-state index contributed by atoms with van der Waals surface area (Å²) in [7, 11) is 1.71. The molecule has 2 aliphatic carbocycles. The number of hydrogen-bond donors (Lipinski definition) is 2. The molecule has 0 heterocycles. The summed E-state index contributed by atoms with van der Waals surface area (Å²) in [4.78, 5) is 14.6. The monoisotopic (exact) mass is 371 g/mol. The molecule has 0 radical (unpaired) electrons. The maximum absolute atomic E-state index is 13.1. The van der Waals surface area contributed by atoms with E-state index in [0.717, 1.165) is 6.42 Å². The van der Waals surface area contributed by atoms with Gasteiger partial charge in [-0.25, -0.2) is 0 Å². The Balaban J connectivity index is 1.85. The number of hydrogen-bond acceptors (Lipinski definition) is 3. The third-order valence-corrected chi connectivity index (χ3v) is 7.32. The van der Waals surface area contributed by atoms with E-state index in [2.05, 4.69) is 33.8 Å². The van der Waals surface area contributed by atoms with Crippen LogP contribution in [0.25, 0.3) is 0 Å². The molecule has 1 aromatic rings. The number of rotatable bonds is 3. The fourth-order valence-electron chi connectivity index (χ4n) is 5.76. The Morgan fingerprint density at radius 3 is 2.41 bits per heavy atom. The number of amides is 1. The molecule has 3 atom stereocenters. The topological polar surface area (TPSA) is 60.8 Å². The van der Waals surface area contributed by atoms with E-state index in [-0.39, 0.29) is 28.7 Å². The van der Waals surface area contributed by atoms with Crippen LogP contribution in [0.15, 0.2) is 29.8 Å². The third kappa shape index (κ3) is 3.59. The highest BCUT2D eigenvalue weighted by molar-refractivity contribution is 5.93. The van der Waals surface area contributed by atoms with Crippen molar-refractivity contribution in [1.82, 2.24) is 0 Å². The van der Waals surface area contributed by atoms with Gasteiger partial charge in [0.25, 0.3) is 0 Å². The fourth-order valence-corrected chi connectivity index (χ4v) is 5.76. The molecule has 1 saturated carbocycles. The molecule has 0 unspecified atom stereocenters. The van der Waals surface area contributed by atoms with Gasteiger partial charge in [0.05, 0.1) is 5.69 Å². The van der Waals surface area contributed by atoms with Gasteiger partial charge in [-0.2, -0.15) is 0 Å². The Kier molecular flexibility index (Phi) is 5.04. The van der Waals surface area contributed by atoms with Gasteiger partial charge in [-0.15, -0.1) is 0 Å². The van der Waals surface area contributed by atoms with Gasteiger partial charge in [-0.3, -0.25) is 4.79 Å². The van der Waals surface area contributed by atoms with E-state index in [1.54, 1.807) is 11.9 Å². The number of anilines is 1. The van der Waals surface area contributed by atoms with Crippen molar-refractivity contribution in [3.8, 4) is 11.5 Å². The van der Waals surface area contributed by atoms with Gasteiger partial charge >= 0.3 is 0 Å².